The molecule has 1 aromatic rings. The highest BCUT2D eigenvalue weighted by molar-refractivity contribution is 5.97. The third-order valence-electron chi connectivity index (χ3n) is 5.09. The van der Waals surface area contributed by atoms with Gasteiger partial charge >= 0.3 is 5.97 Å². The van der Waals surface area contributed by atoms with Crippen LogP contribution < -0.4 is 5.32 Å². The Morgan fingerprint density at radius 1 is 0.821 bits per heavy atom. The third-order valence-corrected chi connectivity index (χ3v) is 5.09. The summed E-state index contributed by atoms with van der Waals surface area (Å²) < 4.78 is 5.33. The Bertz CT molecular complexity index is 530. The van der Waals surface area contributed by atoms with Gasteiger partial charge in [-0.3, -0.25) is 4.79 Å². The van der Waals surface area contributed by atoms with E-state index in [0.717, 1.165) is 12.8 Å². The Balaban J connectivity index is 1.93. The second-order valence-electron chi connectivity index (χ2n) is 7.54. The molecule has 0 fully saturated rings. The minimum atomic E-state index is -0.375. The zero-order valence-corrected chi connectivity index (χ0v) is 17.7. The zero-order valence-electron chi connectivity index (χ0n) is 17.7. The van der Waals surface area contributed by atoms with Crippen molar-refractivity contribution in [1.82, 2.24) is 0 Å². The Morgan fingerprint density at radius 2 is 1.32 bits per heavy atom. The Labute approximate surface area is 171 Å². The van der Waals surface area contributed by atoms with Gasteiger partial charge in [0.15, 0.2) is 0 Å². The lowest BCUT2D eigenvalue weighted by atomic mass is 10.0. The molecule has 0 spiro atoms. The van der Waals surface area contributed by atoms with Crippen LogP contribution >= 0.6 is 0 Å². The standard InChI is InChI=1S/C24H39NO3/c1-2-3-4-5-6-7-8-9-10-11-12-13-14-17-20-28-24(27)22-18-15-16-19-23(22)25-21-26/h15-16,18-19,21H,2-14,17,20H2,1H3,(H,25,26). The molecule has 0 aliphatic heterocycles. The molecule has 0 aliphatic rings. The molecule has 1 aromatic carbocycles. The van der Waals surface area contributed by atoms with Crippen LogP contribution in [0, 0.1) is 0 Å². The number of hydrogen-bond donors (Lipinski definition) is 1. The van der Waals surface area contributed by atoms with Crippen molar-refractivity contribution in [3.63, 3.8) is 0 Å². The highest BCUT2D eigenvalue weighted by Crippen LogP contribution is 2.16. The van der Waals surface area contributed by atoms with Gasteiger partial charge in [-0.15, -0.1) is 0 Å². The summed E-state index contributed by atoms with van der Waals surface area (Å²) in [5.41, 5.74) is 0.892. The van der Waals surface area contributed by atoms with E-state index in [2.05, 4.69) is 12.2 Å². The molecule has 1 rings (SSSR count). The van der Waals surface area contributed by atoms with Crippen LogP contribution in [0.25, 0.3) is 0 Å². The van der Waals surface area contributed by atoms with Crippen molar-refractivity contribution in [3.05, 3.63) is 29.8 Å². The number of benzene rings is 1. The number of para-hydroxylation sites is 1. The van der Waals surface area contributed by atoms with E-state index in [1.165, 1.54) is 77.0 Å². The van der Waals surface area contributed by atoms with Gasteiger partial charge in [-0.25, -0.2) is 4.79 Å². The molecule has 0 heterocycles. The summed E-state index contributed by atoms with van der Waals surface area (Å²) in [7, 11) is 0. The van der Waals surface area contributed by atoms with Crippen molar-refractivity contribution in [3.8, 4) is 0 Å². The van der Waals surface area contributed by atoms with Crippen molar-refractivity contribution in [2.75, 3.05) is 11.9 Å². The summed E-state index contributed by atoms with van der Waals surface area (Å²) in [6.45, 7) is 2.70. The van der Waals surface area contributed by atoms with Gasteiger partial charge in [-0.05, 0) is 18.6 Å². The highest BCUT2D eigenvalue weighted by Gasteiger charge is 2.11. The number of unbranched alkanes of at least 4 members (excludes halogenated alkanes) is 13. The number of anilines is 1. The van der Waals surface area contributed by atoms with E-state index in [4.69, 9.17) is 4.74 Å². The minimum Gasteiger partial charge on any atom is -0.462 e. The molecular weight excluding hydrogens is 350 g/mol. The lowest BCUT2D eigenvalue weighted by Gasteiger charge is -2.08. The summed E-state index contributed by atoms with van der Waals surface area (Å²) in [5, 5.41) is 2.53. The van der Waals surface area contributed by atoms with Gasteiger partial charge in [-0.2, -0.15) is 0 Å². The van der Waals surface area contributed by atoms with E-state index < -0.39 is 0 Å². The van der Waals surface area contributed by atoms with Crippen molar-refractivity contribution in [1.29, 1.82) is 0 Å². The predicted molar refractivity (Wildman–Crippen MR) is 117 cm³/mol. The van der Waals surface area contributed by atoms with Crippen LogP contribution in [-0.2, 0) is 9.53 Å². The summed E-state index contributed by atoms with van der Waals surface area (Å²) in [6, 6.07) is 6.89. The van der Waals surface area contributed by atoms with Crippen LogP contribution in [0.2, 0.25) is 0 Å². The number of amides is 1. The first kappa shape index (κ1) is 24.2. The molecule has 28 heavy (non-hydrogen) atoms. The van der Waals surface area contributed by atoms with Gasteiger partial charge in [0.05, 0.1) is 17.9 Å². The molecule has 0 saturated heterocycles. The SMILES string of the molecule is CCCCCCCCCCCCCCCCOC(=O)c1ccccc1NC=O. The third kappa shape index (κ3) is 11.8. The lowest BCUT2D eigenvalue weighted by Crippen LogP contribution is -2.10. The summed E-state index contributed by atoms with van der Waals surface area (Å²) in [5.74, 6) is -0.375. The van der Waals surface area contributed by atoms with E-state index in [9.17, 15) is 9.59 Å². The summed E-state index contributed by atoms with van der Waals surface area (Å²) in [4.78, 5) is 22.7. The molecule has 0 aromatic heterocycles. The first-order valence-electron chi connectivity index (χ1n) is 11.3. The zero-order chi connectivity index (χ0) is 20.3. The minimum absolute atomic E-state index is 0.375. The maximum atomic E-state index is 12.1. The van der Waals surface area contributed by atoms with Crippen LogP contribution in [0.1, 0.15) is 107 Å². The molecule has 1 amide bonds. The Morgan fingerprint density at radius 3 is 1.86 bits per heavy atom. The second kappa shape index (κ2) is 17.3. The van der Waals surface area contributed by atoms with Gasteiger partial charge in [0, 0.05) is 0 Å². The van der Waals surface area contributed by atoms with Crippen molar-refractivity contribution < 1.29 is 14.3 Å². The van der Waals surface area contributed by atoms with Crippen LogP contribution in [0.15, 0.2) is 24.3 Å². The average Bonchev–Trinajstić information content (AvgIpc) is 2.71. The van der Waals surface area contributed by atoms with Gasteiger partial charge < -0.3 is 10.1 Å². The Kier molecular flexibility index (Phi) is 14.9. The van der Waals surface area contributed by atoms with E-state index in [-0.39, 0.29) is 5.97 Å². The molecule has 158 valence electrons. The number of carbonyl (C=O) groups is 2. The van der Waals surface area contributed by atoms with E-state index >= 15 is 0 Å². The van der Waals surface area contributed by atoms with Crippen LogP contribution in [0.5, 0.6) is 0 Å². The number of nitrogens with one attached hydrogen (secondary N) is 1. The van der Waals surface area contributed by atoms with Crippen LogP contribution in [0.3, 0.4) is 0 Å². The molecule has 0 saturated carbocycles. The van der Waals surface area contributed by atoms with Gasteiger partial charge in [0.25, 0.3) is 0 Å². The van der Waals surface area contributed by atoms with E-state index in [1.807, 2.05) is 0 Å². The van der Waals surface area contributed by atoms with Crippen molar-refractivity contribution in [2.24, 2.45) is 0 Å². The number of carbonyl (C=O) groups excluding carboxylic acids is 2. The molecular formula is C24H39NO3. The molecule has 4 heteroatoms. The first-order valence-corrected chi connectivity index (χ1v) is 11.3. The molecule has 4 nitrogen and oxygen atoms in total. The summed E-state index contributed by atoms with van der Waals surface area (Å²) in [6.07, 6.45) is 18.8. The largest absolute Gasteiger partial charge is 0.462 e. The van der Waals surface area contributed by atoms with Gasteiger partial charge in [-0.1, -0.05) is 103 Å². The van der Waals surface area contributed by atoms with E-state index in [0.29, 0.717) is 24.3 Å². The van der Waals surface area contributed by atoms with Crippen molar-refractivity contribution in [2.45, 2.75) is 96.8 Å². The average molecular weight is 390 g/mol. The maximum absolute atomic E-state index is 12.1. The van der Waals surface area contributed by atoms with Crippen LogP contribution in [0.4, 0.5) is 5.69 Å². The number of esters is 1. The molecule has 0 aliphatic carbocycles. The monoisotopic (exact) mass is 389 g/mol. The fourth-order valence-electron chi connectivity index (χ4n) is 3.39. The number of hydrogen-bond acceptors (Lipinski definition) is 3. The summed E-state index contributed by atoms with van der Waals surface area (Å²) >= 11 is 0. The number of rotatable bonds is 18. The van der Waals surface area contributed by atoms with Crippen LogP contribution in [-0.4, -0.2) is 19.0 Å². The highest BCUT2D eigenvalue weighted by atomic mass is 16.5. The fraction of sp³-hybridized carbons (Fsp3) is 0.667. The molecule has 0 radical (unpaired) electrons. The smallest absolute Gasteiger partial charge is 0.340 e. The van der Waals surface area contributed by atoms with Gasteiger partial charge in [0.2, 0.25) is 6.41 Å². The Hall–Kier alpha value is -1.84. The number of ether oxygens (including phenoxy) is 1. The van der Waals surface area contributed by atoms with Crippen molar-refractivity contribution >= 4 is 18.1 Å². The fourth-order valence-corrected chi connectivity index (χ4v) is 3.39. The predicted octanol–water partition coefficient (Wildman–Crippen LogP) is 6.89. The van der Waals surface area contributed by atoms with Gasteiger partial charge in [0.1, 0.15) is 0 Å². The van der Waals surface area contributed by atoms with E-state index in [1.54, 1.807) is 24.3 Å². The quantitative estimate of drug-likeness (QED) is 0.169. The first-order chi connectivity index (χ1) is 13.8. The topological polar surface area (TPSA) is 55.4 Å². The molecule has 0 bridgehead atoms. The molecule has 1 N–H and O–H groups in total. The second-order valence-corrected chi connectivity index (χ2v) is 7.54. The maximum Gasteiger partial charge on any atom is 0.340 e. The molecule has 0 unspecified atom stereocenters. The molecule has 0 atom stereocenters. The normalized spacial score (nSPS) is 10.6. The lowest BCUT2D eigenvalue weighted by molar-refractivity contribution is -0.105.